The minimum absolute atomic E-state index is 0.209. The molecule has 6 nitrogen and oxygen atoms in total. The van der Waals surface area contributed by atoms with Gasteiger partial charge in [0.05, 0.1) is 0 Å². The highest BCUT2D eigenvalue weighted by molar-refractivity contribution is 5.35. The number of nitrogens with one attached hydrogen (secondary N) is 1. The molecular weight excluding hydrogens is 194 g/mol. The van der Waals surface area contributed by atoms with Gasteiger partial charge in [-0.25, -0.2) is 5.10 Å². The number of H-pyrrole nitrogens is 1. The second-order valence-corrected chi connectivity index (χ2v) is 3.88. The summed E-state index contributed by atoms with van der Waals surface area (Å²) in [5, 5.41) is 15.7. The van der Waals surface area contributed by atoms with Crippen molar-refractivity contribution in [2.45, 2.75) is 31.7 Å². The number of nitrogens with zero attached hydrogens (tertiary/aromatic N) is 3. The van der Waals surface area contributed by atoms with Crippen molar-refractivity contribution in [3.63, 3.8) is 0 Å². The van der Waals surface area contributed by atoms with E-state index in [9.17, 15) is 0 Å². The fourth-order valence-corrected chi connectivity index (χ4v) is 2.11. The van der Waals surface area contributed by atoms with Crippen LogP contribution in [0.4, 0.5) is 11.9 Å². The third-order valence-corrected chi connectivity index (χ3v) is 2.84. The number of aromatic nitrogens is 3. The molecule has 1 aliphatic rings. The minimum Gasteiger partial charge on any atom is -0.396 e. The van der Waals surface area contributed by atoms with Crippen LogP contribution in [0, 0.1) is 0 Å². The Balaban J connectivity index is 2.10. The third-order valence-electron chi connectivity index (χ3n) is 2.84. The molecule has 1 aliphatic heterocycles. The Bertz CT molecular complexity index is 311. The summed E-state index contributed by atoms with van der Waals surface area (Å²) in [6.07, 6.45) is 4.22. The molecule has 0 radical (unpaired) electrons. The first-order valence-electron chi connectivity index (χ1n) is 5.36. The van der Waals surface area contributed by atoms with Crippen LogP contribution in [0.1, 0.15) is 25.7 Å². The van der Waals surface area contributed by atoms with E-state index in [-0.39, 0.29) is 6.61 Å². The van der Waals surface area contributed by atoms with Gasteiger partial charge in [0.2, 0.25) is 11.9 Å². The van der Waals surface area contributed by atoms with E-state index in [2.05, 4.69) is 20.1 Å². The van der Waals surface area contributed by atoms with E-state index in [4.69, 9.17) is 10.8 Å². The normalized spacial score (nSPS) is 21.9. The predicted molar refractivity (Wildman–Crippen MR) is 57.5 cm³/mol. The second kappa shape index (κ2) is 4.48. The van der Waals surface area contributed by atoms with Gasteiger partial charge in [-0.15, -0.1) is 5.10 Å². The van der Waals surface area contributed by atoms with E-state index < -0.39 is 0 Å². The summed E-state index contributed by atoms with van der Waals surface area (Å²) >= 11 is 0. The lowest BCUT2D eigenvalue weighted by Crippen LogP contribution is -2.40. The lowest BCUT2D eigenvalue weighted by Gasteiger charge is -2.34. The Morgan fingerprint density at radius 2 is 2.40 bits per heavy atom. The average molecular weight is 211 g/mol. The van der Waals surface area contributed by atoms with Gasteiger partial charge in [-0.2, -0.15) is 4.98 Å². The molecule has 0 saturated carbocycles. The zero-order valence-electron chi connectivity index (χ0n) is 8.69. The molecule has 0 aromatic carbocycles. The average Bonchev–Trinajstić information content (AvgIpc) is 2.66. The summed E-state index contributed by atoms with van der Waals surface area (Å²) in [6, 6.07) is 0.346. The molecule has 1 aromatic rings. The number of aliphatic hydroxyl groups is 1. The van der Waals surface area contributed by atoms with Crippen LogP contribution in [-0.2, 0) is 0 Å². The van der Waals surface area contributed by atoms with Crippen LogP contribution < -0.4 is 10.6 Å². The molecule has 0 spiro atoms. The fraction of sp³-hybridized carbons (Fsp3) is 0.778. The molecule has 15 heavy (non-hydrogen) atoms. The van der Waals surface area contributed by atoms with E-state index >= 15 is 0 Å². The maximum absolute atomic E-state index is 8.99. The number of aromatic amines is 1. The Morgan fingerprint density at radius 3 is 3.07 bits per heavy atom. The Labute approximate surface area is 88.5 Å². The van der Waals surface area contributed by atoms with Gasteiger partial charge in [-0.3, -0.25) is 0 Å². The first kappa shape index (κ1) is 10.2. The highest BCUT2D eigenvalue weighted by Crippen LogP contribution is 2.23. The van der Waals surface area contributed by atoms with Crippen molar-refractivity contribution in [1.82, 2.24) is 15.2 Å². The van der Waals surface area contributed by atoms with Gasteiger partial charge >= 0.3 is 0 Å². The van der Waals surface area contributed by atoms with Crippen molar-refractivity contribution in [3.8, 4) is 0 Å². The van der Waals surface area contributed by atoms with Gasteiger partial charge in [0, 0.05) is 19.2 Å². The molecule has 2 heterocycles. The minimum atomic E-state index is 0.209. The summed E-state index contributed by atoms with van der Waals surface area (Å²) in [7, 11) is 0. The SMILES string of the molecule is Nc1nc(N2CCCCC2CCO)n[nH]1. The maximum atomic E-state index is 8.99. The number of hydrogen-bond donors (Lipinski definition) is 3. The molecule has 6 heteroatoms. The van der Waals surface area contributed by atoms with Crippen LogP contribution in [0.2, 0.25) is 0 Å². The van der Waals surface area contributed by atoms with Gasteiger partial charge < -0.3 is 15.7 Å². The van der Waals surface area contributed by atoms with E-state index in [1.807, 2.05) is 0 Å². The number of aliphatic hydroxyl groups excluding tert-OH is 1. The van der Waals surface area contributed by atoms with Gasteiger partial charge in [-0.1, -0.05) is 0 Å². The highest BCUT2D eigenvalue weighted by atomic mass is 16.3. The highest BCUT2D eigenvalue weighted by Gasteiger charge is 2.24. The molecule has 2 rings (SSSR count). The molecule has 0 bridgehead atoms. The van der Waals surface area contributed by atoms with Crippen molar-refractivity contribution in [1.29, 1.82) is 0 Å². The molecule has 1 saturated heterocycles. The number of hydrogen-bond acceptors (Lipinski definition) is 5. The summed E-state index contributed by atoms with van der Waals surface area (Å²) in [6.45, 7) is 1.16. The maximum Gasteiger partial charge on any atom is 0.246 e. The van der Waals surface area contributed by atoms with E-state index in [0.29, 0.717) is 17.9 Å². The molecule has 1 atom stereocenters. The number of rotatable bonds is 3. The number of piperidine rings is 1. The van der Waals surface area contributed by atoms with Gasteiger partial charge in [0.15, 0.2) is 0 Å². The number of nitrogen functional groups attached to an aromatic ring is 1. The Hall–Kier alpha value is -1.30. The van der Waals surface area contributed by atoms with Crippen LogP contribution in [0.3, 0.4) is 0 Å². The Kier molecular flexibility index (Phi) is 3.05. The molecule has 1 aromatic heterocycles. The molecule has 84 valence electrons. The zero-order chi connectivity index (χ0) is 10.7. The molecule has 1 unspecified atom stereocenters. The molecular formula is C9H17N5O. The first-order chi connectivity index (χ1) is 7.31. The summed E-state index contributed by atoms with van der Waals surface area (Å²) in [4.78, 5) is 6.25. The van der Waals surface area contributed by atoms with Gasteiger partial charge in [0.25, 0.3) is 0 Å². The fourth-order valence-electron chi connectivity index (χ4n) is 2.11. The van der Waals surface area contributed by atoms with Crippen molar-refractivity contribution in [3.05, 3.63) is 0 Å². The van der Waals surface area contributed by atoms with Crippen molar-refractivity contribution in [2.75, 3.05) is 23.8 Å². The smallest absolute Gasteiger partial charge is 0.246 e. The third kappa shape index (κ3) is 2.20. The largest absolute Gasteiger partial charge is 0.396 e. The molecule has 0 amide bonds. The van der Waals surface area contributed by atoms with Crippen LogP contribution in [-0.4, -0.2) is 39.5 Å². The molecule has 1 fully saturated rings. The van der Waals surface area contributed by atoms with Crippen LogP contribution in [0.25, 0.3) is 0 Å². The summed E-state index contributed by atoms with van der Waals surface area (Å²) in [5.74, 6) is 1.00. The lowest BCUT2D eigenvalue weighted by molar-refractivity contribution is 0.262. The van der Waals surface area contributed by atoms with Crippen LogP contribution in [0.5, 0.6) is 0 Å². The topological polar surface area (TPSA) is 91.1 Å². The zero-order valence-corrected chi connectivity index (χ0v) is 8.69. The second-order valence-electron chi connectivity index (χ2n) is 3.88. The first-order valence-corrected chi connectivity index (χ1v) is 5.36. The number of nitrogens with two attached hydrogens (primary N) is 1. The van der Waals surface area contributed by atoms with Crippen molar-refractivity contribution >= 4 is 11.9 Å². The predicted octanol–water partition coefficient (Wildman–Crippen LogP) is 0.128. The number of anilines is 2. The quantitative estimate of drug-likeness (QED) is 0.661. The standard InChI is InChI=1S/C9H17N5O/c10-8-11-9(13-12-8)14-5-2-1-3-7(14)4-6-15/h7,15H,1-6H2,(H3,10,11,12,13). The monoisotopic (exact) mass is 211 g/mol. The van der Waals surface area contributed by atoms with Crippen LogP contribution >= 0.6 is 0 Å². The van der Waals surface area contributed by atoms with Crippen molar-refractivity contribution < 1.29 is 5.11 Å². The Morgan fingerprint density at radius 1 is 1.53 bits per heavy atom. The van der Waals surface area contributed by atoms with Crippen LogP contribution in [0.15, 0.2) is 0 Å². The summed E-state index contributed by atoms with van der Waals surface area (Å²) < 4.78 is 0. The summed E-state index contributed by atoms with van der Waals surface area (Å²) in [5.41, 5.74) is 5.50. The van der Waals surface area contributed by atoms with Crippen molar-refractivity contribution in [2.24, 2.45) is 0 Å². The van der Waals surface area contributed by atoms with Gasteiger partial charge in [0.1, 0.15) is 0 Å². The molecule has 0 aliphatic carbocycles. The van der Waals surface area contributed by atoms with E-state index in [1.54, 1.807) is 0 Å². The van der Waals surface area contributed by atoms with E-state index in [0.717, 1.165) is 25.8 Å². The van der Waals surface area contributed by atoms with Gasteiger partial charge in [-0.05, 0) is 25.7 Å². The lowest BCUT2D eigenvalue weighted by atomic mass is 10.0. The molecule has 4 N–H and O–H groups in total. The van der Waals surface area contributed by atoms with E-state index in [1.165, 1.54) is 6.42 Å².